The highest BCUT2D eigenvalue weighted by Crippen LogP contribution is 2.31. The Balaban J connectivity index is 2.31. The first-order valence-electron chi connectivity index (χ1n) is 5.53. The van der Waals surface area contributed by atoms with Gasteiger partial charge in [-0.3, -0.25) is 0 Å². The summed E-state index contributed by atoms with van der Waals surface area (Å²) in [5.74, 6) is -0.123. The van der Waals surface area contributed by atoms with Crippen LogP contribution < -0.4 is 4.72 Å². The number of hydrogen-bond acceptors (Lipinski definition) is 5. The highest BCUT2D eigenvalue weighted by Gasteiger charge is 2.41. The number of sulfone groups is 1. The van der Waals surface area contributed by atoms with Crippen LogP contribution in [-0.4, -0.2) is 33.9 Å². The lowest BCUT2D eigenvalue weighted by Gasteiger charge is -2.23. The summed E-state index contributed by atoms with van der Waals surface area (Å²) in [6, 6.07) is 1.54. The molecule has 1 saturated heterocycles. The zero-order valence-electron chi connectivity index (χ0n) is 10.4. The number of sulfonamides is 1. The highest BCUT2D eigenvalue weighted by molar-refractivity contribution is 9.11. The summed E-state index contributed by atoms with van der Waals surface area (Å²) in [5.41, 5.74) is -0.918. The second-order valence-corrected chi connectivity index (χ2v) is 11.4. The van der Waals surface area contributed by atoms with E-state index in [-0.39, 0.29) is 16.4 Å². The Hall–Kier alpha value is 0.0400. The predicted octanol–water partition coefficient (Wildman–Crippen LogP) is 1.67. The molecule has 1 aromatic rings. The molecule has 1 N–H and O–H groups in total. The lowest BCUT2D eigenvalue weighted by Crippen LogP contribution is -2.46. The zero-order valence-corrected chi connectivity index (χ0v) is 14.5. The van der Waals surface area contributed by atoms with Gasteiger partial charge in [0.15, 0.2) is 9.84 Å². The van der Waals surface area contributed by atoms with Gasteiger partial charge in [0.25, 0.3) is 0 Å². The maximum absolute atomic E-state index is 12.3. The molecule has 0 aliphatic carbocycles. The molecule has 108 valence electrons. The highest BCUT2D eigenvalue weighted by atomic mass is 79.9. The predicted molar refractivity (Wildman–Crippen MR) is 78.8 cm³/mol. The summed E-state index contributed by atoms with van der Waals surface area (Å²) >= 11 is 4.58. The largest absolute Gasteiger partial charge is 0.242 e. The summed E-state index contributed by atoms with van der Waals surface area (Å²) in [4.78, 5) is 0.874. The van der Waals surface area contributed by atoms with Gasteiger partial charge in [0.1, 0.15) is 0 Å². The van der Waals surface area contributed by atoms with E-state index in [4.69, 9.17) is 0 Å². The van der Waals surface area contributed by atoms with Crippen molar-refractivity contribution in [2.45, 2.75) is 30.7 Å². The van der Waals surface area contributed by atoms with Gasteiger partial charge in [0.05, 0.1) is 20.2 Å². The molecule has 1 aliphatic rings. The first kappa shape index (κ1) is 15.4. The molecule has 0 bridgehead atoms. The molecular weight excluding hydrogens is 374 g/mol. The van der Waals surface area contributed by atoms with E-state index < -0.39 is 25.4 Å². The maximum Gasteiger partial charge on any atom is 0.242 e. The van der Waals surface area contributed by atoms with E-state index >= 15 is 0 Å². The van der Waals surface area contributed by atoms with E-state index in [2.05, 4.69) is 20.7 Å². The lowest BCUT2D eigenvalue weighted by molar-refractivity contribution is 0.462. The molecule has 1 aromatic heterocycles. The maximum atomic E-state index is 12.3. The SMILES string of the molecule is Cc1sc(Br)cc1S(=O)(=O)NC1(C)CCS(=O)(=O)C1. The van der Waals surface area contributed by atoms with Crippen molar-refractivity contribution in [2.75, 3.05) is 11.5 Å². The number of rotatable bonds is 3. The Kier molecular flexibility index (Phi) is 3.90. The van der Waals surface area contributed by atoms with Crippen LogP contribution in [0.3, 0.4) is 0 Å². The van der Waals surface area contributed by atoms with Crippen LogP contribution in [0.5, 0.6) is 0 Å². The molecular formula is C10H14BrNO4S3. The van der Waals surface area contributed by atoms with Crippen molar-refractivity contribution < 1.29 is 16.8 Å². The van der Waals surface area contributed by atoms with Gasteiger partial charge >= 0.3 is 0 Å². The fourth-order valence-electron chi connectivity index (χ4n) is 2.17. The number of halogens is 1. The second kappa shape index (κ2) is 4.80. The van der Waals surface area contributed by atoms with Crippen molar-refractivity contribution in [3.63, 3.8) is 0 Å². The molecule has 19 heavy (non-hydrogen) atoms. The molecule has 1 aliphatic heterocycles. The Morgan fingerprint density at radius 3 is 2.53 bits per heavy atom. The topological polar surface area (TPSA) is 80.3 Å². The smallest absolute Gasteiger partial charge is 0.229 e. The Morgan fingerprint density at radius 2 is 2.11 bits per heavy atom. The molecule has 0 saturated carbocycles. The van der Waals surface area contributed by atoms with Crippen molar-refractivity contribution >= 4 is 47.1 Å². The normalized spacial score (nSPS) is 26.7. The molecule has 2 heterocycles. The quantitative estimate of drug-likeness (QED) is 0.854. The Morgan fingerprint density at radius 1 is 1.47 bits per heavy atom. The monoisotopic (exact) mass is 387 g/mol. The van der Waals surface area contributed by atoms with Gasteiger partial charge < -0.3 is 0 Å². The van der Waals surface area contributed by atoms with Crippen LogP contribution in [0, 0.1) is 6.92 Å². The van der Waals surface area contributed by atoms with E-state index in [0.717, 1.165) is 3.79 Å². The average Bonchev–Trinajstić information content (AvgIpc) is 2.66. The van der Waals surface area contributed by atoms with Gasteiger partial charge in [-0.25, -0.2) is 21.6 Å². The van der Waals surface area contributed by atoms with Gasteiger partial charge in [0.2, 0.25) is 10.0 Å². The second-order valence-electron chi connectivity index (χ2n) is 4.98. The number of thiophene rings is 1. The third kappa shape index (κ3) is 3.38. The molecule has 0 radical (unpaired) electrons. The van der Waals surface area contributed by atoms with Crippen molar-refractivity contribution in [1.82, 2.24) is 4.72 Å². The molecule has 0 aromatic carbocycles. The lowest BCUT2D eigenvalue weighted by atomic mass is 10.0. The molecule has 0 spiro atoms. The van der Waals surface area contributed by atoms with Crippen molar-refractivity contribution in [2.24, 2.45) is 0 Å². The van der Waals surface area contributed by atoms with E-state index in [9.17, 15) is 16.8 Å². The minimum Gasteiger partial charge on any atom is -0.229 e. The van der Waals surface area contributed by atoms with Crippen LogP contribution in [0.4, 0.5) is 0 Å². The summed E-state index contributed by atoms with van der Waals surface area (Å²) in [6.45, 7) is 3.35. The Labute approximate surface area is 125 Å². The van der Waals surface area contributed by atoms with E-state index in [1.54, 1.807) is 13.8 Å². The van der Waals surface area contributed by atoms with Crippen LogP contribution in [0.25, 0.3) is 0 Å². The van der Waals surface area contributed by atoms with Crippen LogP contribution in [0.15, 0.2) is 14.7 Å². The van der Waals surface area contributed by atoms with Gasteiger partial charge in [-0.2, -0.15) is 0 Å². The summed E-state index contributed by atoms with van der Waals surface area (Å²) in [6.07, 6.45) is 0.304. The van der Waals surface area contributed by atoms with Crippen LogP contribution in [-0.2, 0) is 19.9 Å². The molecule has 9 heteroatoms. The standard InChI is InChI=1S/C10H14BrNO4S3/c1-7-8(5-9(11)17-7)19(15,16)12-10(2)3-4-18(13,14)6-10/h5,12H,3-4,6H2,1-2H3. The zero-order chi connectivity index (χ0) is 14.5. The summed E-state index contributed by atoms with van der Waals surface area (Å²) in [7, 11) is -6.84. The van der Waals surface area contributed by atoms with Crippen LogP contribution in [0.2, 0.25) is 0 Å². The molecule has 0 amide bonds. The third-order valence-electron chi connectivity index (χ3n) is 3.02. The third-order valence-corrected chi connectivity index (χ3v) is 8.37. The average molecular weight is 388 g/mol. The fourth-order valence-corrected chi connectivity index (χ4v) is 8.20. The number of nitrogens with one attached hydrogen (secondary N) is 1. The minimum absolute atomic E-state index is 0.0261. The minimum atomic E-state index is -3.70. The van der Waals surface area contributed by atoms with Gasteiger partial charge in [-0.1, -0.05) is 0 Å². The molecule has 1 atom stereocenters. The van der Waals surface area contributed by atoms with Crippen LogP contribution in [0.1, 0.15) is 18.2 Å². The van der Waals surface area contributed by atoms with Gasteiger partial charge in [0, 0.05) is 10.4 Å². The summed E-state index contributed by atoms with van der Waals surface area (Å²) < 4.78 is 50.9. The van der Waals surface area contributed by atoms with E-state index in [1.165, 1.54) is 17.4 Å². The van der Waals surface area contributed by atoms with Crippen molar-refractivity contribution in [3.05, 3.63) is 14.7 Å². The van der Waals surface area contributed by atoms with E-state index in [0.29, 0.717) is 11.3 Å². The van der Waals surface area contributed by atoms with Gasteiger partial charge in [-0.15, -0.1) is 11.3 Å². The molecule has 5 nitrogen and oxygen atoms in total. The van der Waals surface area contributed by atoms with Crippen molar-refractivity contribution in [1.29, 1.82) is 0 Å². The van der Waals surface area contributed by atoms with Crippen LogP contribution >= 0.6 is 27.3 Å². The number of aryl methyl sites for hydroxylation is 1. The van der Waals surface area contributed by atoms with E-state index in [1.807, 2.05) is 0 Å². The van der Waals surface area contributed by atoms with Crippen molar-refractivity contribution in [3.8, 4) is 0 Å². The fraction of sp³-hybridized carbons (Fsp3) is 0.600. The first-order chi connectivity index (χ1) is 8.53. The molecule has 2 rings (SSSR count). The van der Waals surface area contributed by atoms with Gasteiger partial charge in [-0.05, 0) is 42.3 Å². The first-order valence-corrected chi connectivity index (χ1v) is 10.4. The Bertz CT molecular complexity index is 707. The number of hydrogen-bond donors (Lipinski definition) is 1. The summed E-state index contributed by atoms with van der Waals surface area (Å²) in [5, 5.41) is 0. The molecule has 1 unspecified atom stereocenters. The molecule has 1 fully saturated rings.